The van der Waals surface area contributed by atoms with E-state index in [0.717, 1.165) is 6.42 Å². The molecule has 0 saturated heterocycles. The second kappa shape index (κ2) is 5.69. The molecule has 1 unspecified atom stereocenters. The van der Waals surface area contributed by atoms with Gasteiger partial charge in [0.05, 0.1) is 6.61 Å². The molecule has 1 saturated carbocycles. The first-order chi connectivity index (χ1) is 7.52. The summed E-state index contributed by atoms with van der Waals surface area (Å²) >= 11 is 0. The minimum Gasteiger partial charge on any atom is -0.480 e. The van der Waals surface area contributed by atoms with Crippen LogP contribution in [0.1, 0.15) is 26.2 Å². The molecule has 0 aliphatic heterocycles. The van der Waals surface area contributed by atoms with E-state index in [1.807, 2.05) is 6.92 Å². The van der Waals surface area contributed by atoms with E-state index < -0.39 is 24.6 Å². The molecule has 4 N–H and O–H groups in total. The number of rotatable bonds is 6. The SMILES string of the molecule is CC(CC1CC1)NC(=O)N[C@H](CO)C(=O)O. The maximum atomic E-state index is 11.3. The number of aliphatic hydroxyl groups is 1. The number of carbonyl (C=O) groups excluding carboxylic acids is 1. The molecule has 0 aromatic heterocycles. The molecular formula is C10H18N2O4. The highest BCUT2D eigenvalue weighted by atomic mass is 16.4. The van der Waals surface area contributed by atoms with Crippen LogP contribution in [0, 0.1) is 5.92 Å². The van der Waals surface area contributed by atoms with Crippen LogP contribution in [0.25, 0.3) is 0 Å². The van der Waals surface area contributed by atoms with Gasteiger partial charge in [0, 0.05) is 6.04 Å². The molecule has 16 heavy (non-hydrogen) atoms. The van der Waals surface area contributed by atoms with Crippen molar-refractivity contribution in [1.29, 1.82) is 0 Å². The lowest BCUT2D eigenvalue weighted by atomic mass is 10.2. The summed E-state index contributed by atoms with van der Waals surface area (Å²) < 4.78 is 0. The fraction of sp³-hybridized carbons (Fsp3) is 0.800. The second-order valence-corrected chi connectivity index (χ2v) is 4.27. The van der Waals surface area contributed by atoms with Crippen molar-refractivity contribution in [2.24, 2.45) is 5.92 Å². The maximum absolute atomic E-state index is 11.3. The van der Waals surface area contributed by atoms with Crippen LogP contribution in [-0.2, 0) is 4.79 Å². The third-order valence-corrected chi connectivity index (χ3v) is 2.55. The normalized spacial score (nSPS) is 18.6. The lowest BCUT2D eigenvalue weighted by Crippen LogP contribution is -2.50. The fourth-order valence-corrected chi connectivity index (χ4v) is 1.52. The topological polar surface area (TPSA) is 98.7 Å². The molecule has 0 bridgehead atoms. The van der Waals surface area contributed by atoms with Gasteiger partial charge >= 0.3 is 12.0 Å². The van der Waals surface area contributed by atoms with Crippen LogP contribution in [0.4, 0.5) is 4.79 Å². The Bertz CT molecular complexity index is 266. The van der Waals surface area contributed by atoms with Crippen LogP contribution >= 0.6 is 0 Å². The summed E-state index contributed by atoms with van der Waals surface area (Å²) in [7, 11) is 0. The average molecular weight is 230 g/mol. The van der Waals surface area contributed by atoms with Crippen molar-refractivity contribution in [2.75, 3.05) is 6.61 Å². The Morgan fingerprint density at radius 3 is 2.44 bits per heavy atom. The number of hydrogen-bond donors (Lipinski definition) is 4. The zero-order valence-electron chi connectivity index (χ0n) is 9.27. The highest BCUT2D eigenvalue weighted by Crippen LogP contribution is 2.33. The molecule has 6 heteroatoms. The van der Waals surface area contributed by atoms with Crippen molar-refractivity contribution in [1.82, 2.24) is 10.6 Å². The Labute approximate surface area is 94.0 Å². The van der Waals surface area contributed by atoms with E-state index in [0.29, 0.717) is 5.92 Å². The molecule has 6 nitrogen and oxygen atoms in total. The quantitative estimate of drug-likeness (QED) is 0.513. The molecular weight excluding hydrogens is 212 g/mol. The Hall–Kier alpha value is -1.30. The molecule has 1 aliphatic rings. The highest BCUT2D eigenvalue weighted by molar-refractivity contribution is 5.82. The lowest BCUT2D eigenvalue weighted by molar-refractivity contribution is -0.140. The summed E-state index contributed by atoms with van der Waals surface area (Å²) in [5.41, 5.74) is 0. The van der Waals surface area contributed by atoms with E-state index in [1.165, 1.54) is 12.8 Å². The minimum atomic E-state index is -1.24. The summed E-state index contributed by atoms with van der Waals surface area (Å²) in [4.78, 5) is 21.9. The monoisotopic (exact) mass is 230 g/mol. The van der Waals surface area contributed by atoms with Gasteiger partial charge in [-0.2, -0.15) is 0 Å². The lowest BCUT2D eigenvalue weighted by Gasteiger charge is -2.16. The summed E-state index contributed by atoms with van der Waals surface area (Å²) in [6, 6.07) is -1.76. The largest absolute Gasteiger partial charge is 0.480 e. The highest BCUT2D eigenvalue weighted by Gasteiger charge is 2.25. The maximum Gasteiger partial charge on any atom is 0.328 e. The van der Waals surface area contributed by atoms with Gasteiger partial charge in [0.15, 0.2) is 6.04 Å². The number of aliphatic hydroxyl groups excluding tert-OH is 1. The Kier molecular flexibility index (Phi) is 4.54. The first kappa shape index (κ1) is 12.8. The number of urea groups is 1. The van der Waals surface area contributed by atoms with E-state index in [9.17, 15) is 9.59 Å². The van der Waals surface area contributed by atoms with E-state index in [-0.39, 0.29) is 6.04 Å². The Balaban J connectivity index is 2.24. The van der Waals surface area contributed by atoms with Crippen LogP contribution in [0.15, 0.2) is 0 Å². The third-order valence-electron chi connectivity index (χ3n) is 2.55. The van der Waals surface area contributed by atoms with Gasteiger partial charge < -0.3 is 20.8 Å². The first-order valence-electron chi connectivity index (χ1n) is 5.43. The minimum absolute atomic E-state index is 0.0284. The van der Waals surface area contributed by atoms with Crippen LogP contribution in [0.3, 0.4) is 0 Å². The van der Waals surface area contributed by atoms with Crippen molar-refractivity contribution in [3.63, 3.8) is 0 Å². The molecule has 0 spiro atoms. The van der Waals surface area contributed by atoms with Gasteiger partial charge in [-0.25, -0.2) is 9.59 Å². The molecule has 0 heterocycles. The predicted octanol–water partition coefficient (Wildman–Crippen LogP) is -0.0803. The van der Waals surface area contributed by atoms with Gasteiger partial charge in [-0.15, -0.1) is 0 Å². The van der Waals surface area contributed by atoms with Crippen LogP contribution in [0.2, 0.25) is 0 Å². The number of aliphatic carboxylic acids is 1. The van der Waals surface area contributed by atoms with Crippen LogP contribution < -0.4 is 10.6 Å². The van der Waals surface area contributed by atoms with Gasteiger partial charge in [0.1, 0.15) is 0 Å². The molecule has 0 radical (unpaired) electrons. The van der Waals surface area contributed by atoms with E-state index in [2.05, 4.69) is 10.6 Å². The molecule has 2 atom stereocenters. The number of amides is 2. The number of carboxylic acid groups (broad SMARTS) is 1. The van der Waals surface area contributed by atoms with Crippen molar-refractivity contribution in [3.05, 3.63) is 0 Å². The summed E-state index contributed by atoms with van der Waals surface area (Å²) in [5, 5.41) is 22.2. The van der Waals surface area contributed by atoms with Gasteiger partial charge in [-0.05, 0) is 19.3 Å². The van der Waals surface area contributed by atoms with Gasteiger partial charge in [-0.1, -0.05) is 12.8 Å². The Morgan fingerprint density at radius 2 is 2.00 bits per heavy atom. The van der Waals surface area contributed by atoms with Crippen LogP contribution in [0.5, 0.6) is 0 Å². The van der Waals surface area contributed by atoms with Gasteiger partial charge in [0.25, 0.3) is 0 Å². The number of hydrogen-bond acceptors (Lipinski definition) is 3. The van der Waals surface area contributed by atoms with Crippen molar-refractivity contribution in [2.45, 2.75) is 38.3 Å². The predicted molar refractivity (Wildman–Crippen MR) is 57.0 cm³/mol. The Morgan fingerprint density at radius 1 is 1.38 bits per heavy atom. The molecule has 0 aromatic carbocycles. The molecule has 92 valence electrons. The van der Waals surface area contributed by atoms with Gasteiger partial charge in [0.2, 0.25) is 0 Å². The standard InChI is InChI=1S/C10H18N2O4/c1-6(4-7-2-3-7)11-10(16)12-8(5-13)9(14)15/h6-8,13H,2-5H2,1H3,(H,14,15)(H2,11,12,16)/t6?,8-/m1/s1. The summed E-state index contributed by atoms with van der Waals surface area (Å²) in [6.45, 7) is 1.27. The third kappa shape index (κ3) is 4.48. The molecule has 1 fully saturated rings. The zero-order valence-corrected chi connectivity index (χ0v) is 9.27. The number of carbonyl (C=O) groups is 2. The zero-order chi connectivity index (χ0) is 12.1. The van der Waals surface area contributed by atoms with Crippen molar-refractivity contribution < 1.29 is 19.8 Å². The van der Waals surface area contributed by atoms with Crippen molar-refractivity contribution in [3.8, 4) is 0 Å². The summed E-state index contributed by atoms with van der Waals surface area (Å²) in [6.07, 6.45) is 3.34. The fourth-order valence-electron chi connectivity index (χ4n) is 1.52. The molecule has 1 rings (SSSR count). The van der Waals surface area contributed by atoms with Crippen LogP contribution in [-0.4, -0.2) is 40.9 Å². The first-order valence-corrected chi connectivity index (χ1v) is 5.43. The van der Waals surface area contributed by atoms with E-state index in [1.54, 1.807) is 0 Å². The second-order valence-electron chi connectivity index (χ2n) is 4.27. The van der Waals surface area contributed by atoms with E-state index >= 15 is 0 Å². The molecule has 1 aliphatic carbocycles. The molecule has 2 amide bonds. The smallest absolute Gasteiger partial charge is 0.328 e. The summed E-state index contributed by atoms with van der Waals surface area (Å²) in [5.74, 6) is -0.545. The van der Waals surface area contributed by atoms with E-state index in [4.69, 9.17) is 10.2 Å². The van der Waals surface area contributed by atoms with Crippen molar-refractivity contribution >= 4 is 12.0 Å². The number of nitrogens with one attached hydrogen (secondary N) is 2. The number of carboxylic acids is 1. The molecule has 0 aromatic rings. The average Bonchev–Trinajstić information content (AvgIpc) is 2.97. The van der Waals surface area contributed by atoms with Gasteiger partial charge in [-0.3, -0.25) is 0 Å².